The third-order valence-electron chi connectivity index (χ3n) is 4.20. The van der Waals surface area contributed by atoms with Crippen molar-refractivity contribution in [2.24, 2.45) is 0 Å². The molecule has 1 aliphatic heterocycles. The fourth-order valence-corrected chi connectivity index (χ4v) is 2.86. The van der Waals surface area contributed by atoms with E-state index in [1.165, 1.54) is 58.0 Å². The van der Waals surface area contributed by atoms with Gasteiger partial charge in [0.05, 0.1) is 13.5 Å². The quantitative estimate of drug-likeness (QED) is 0.591. The van der Waals surface area contributed by atoms with Gasteiger partial charge < -0.3 is 15.0 Å². The minimum Gasteiger partial charge on any atom is -0.469 e. The number of carbonyl (C=O) groups is 1. The molecule has 1 N–H and O–H groups in total. The predicted octanol–water partition coefficient (Wildman–Crippen LogP) is 2.37. The van der Waals surface area contributed by atoms with Crippen LogP contribution in [-0.4, -0.2) is 44.2 Å². The van der Waals surface area contributed by atoms with Crippen molar-refractivity contribution in [3.63, 3.8) is 0 Å². The van der Waals surface area contributed by atoms with Gasteiger partial charge in [-0.15, -0.1) is 0 Å². The van der Waals surface area contributed by atoms with E-state index >= 15 is 0 Å². The maximum Gasteiger partial charge on any atom is 0.309 e. The molecule has 4 heteroatoms. The number of nitrogens with zero attached hydrogens (tertiary/aromatic N) is 1. The van der Waals surface area contributed by atoms with Crippen LogP contribution in [0.4, 0.5) is 0 Å². The molecule has 2 rings (SSSR count). The van der Waals surface area contributed by atoms with E-state index in [4.69, 9.17) is 0 Å². The van der Waals surface area contributed by atoms with Crippen LogP contribution in [0.25, 0.3) is 0 Å². The topological polar surface area (TPSA) is 41.6 Å². The molecule has 0 unspecified atom stereocenters. The SMILES string of the molecule is COC(=O)Cc1ccc(CNCCCN2CCCCC2)cc1. The van der Waals surface area contributed by atoms with Crippen molar-refractivity contribution in [2.45, 2.75) is 38.6 Å². The Morgan fingerprint density at radius 3 is 2.50 bits per heavy atom. The zero-order valence-corrected chi connectivity index (χ0v) is 13.6. The van der Waals surface area contributed by atoms with Crippen LogP contribution in [0.5, 0.6) is 0 Å². The normalized spacial score (nSPS) is 15.7. The van der Waals surface area contributed by atoms with Crippen LogP contribution < -0.4 is 5.32 Å². The van der Waals surface area contributed by atoms with Crippen LogP contribution in [0, 0.1) is 0 Å². The molecular weight excluding hydrogens is 276 g/mol. The minimum absolute atomic E-state index is 0.191. The van der Waals surface area contributed by atoms with Crippen LogP contribution in [-0.2, 0) is 22.5 Å². The van der Waals surface area contributed by atoms with Crippen LogP contribution in [0.2, 0.25) is 0 Å². The van der Waals surface area contributed by atoms with Crippen LogP contribution in [0.15, 0.2) is 24.3 Å². The van der Waals surface area contributed by atoms with Crippen molar-refractivity contribution in [1.82, 2.24) is 10.2 Å². The Labute approximate surface area is 133 Å². The second-order valence-corrected chi connectivity index (χ2v) is 6.00. The monoisotopic (exact) mass is 304 g/mol. The third-order valence-corrected chi connectivity index (χ3v) is 4.20. The number of esters is 1. The largest absolute Gasteiger partial charge is 0.469 e. The van der Waals surface area contributed by atoms with Gasteiger partial charge in [0, 0.05) is 6.54 Å². The average molecular weight is 304 g/mol. The molecule has 1 fully saturated rings. The average Bonchev–Trinajstić information content (AvgIpc) is 2.57. The molecular formula is C18H28N2O2. The van der Waals surface area contributed by atoms with E-state index in [0.717, 1.165) is 18.7 Å². The first-order valence-corrected chi connectivity index (χ1v) is 8.35. The van der Waals surface area contributed by atoms with E-state index in [1.807, 2.05) is 12.1 Å². The molecule has 0 radical (unpaired) electrons. The van der Waals surface area contributed by atoms with Gasteiger partial charge in [0.15, 0.2) is 0 Å². The molecule has 1 aromatic rings. The number of benzene rings is 1. The van der Waals surface area contributed by atoms with Gasteiger partial charge in [-0.1, -0.05) is 30.7 Å². The van der Waals surface area contributed by atoms with Crippen molar-refractivity contribution >= 4 is 5.97 Å². The van der Waals surface area contributed by atoms with Crippen LogP contribution in [0.1, 0.15) is 36.8 Å². The summed E-state index contributed by atoms with van der Waals surface area (Å²) in [5, 5.41) is 3.49. The van der Waals surface area contributed by atoms with Crippen molar-refractivity contribution < 1.29 is 9.53 Å². The molecule has 0 saturated carbocycles. The Kier molecular flexibility index (Phi) is 7.40. The highest BCUT2D eigenvalue weighted by Gasteiger charge is 2.08. The lowest BCUT2D eigenvalue weighted by molar-refractivity contribution is -0.139. The van der Waals surface area contributed by atoms with E-state index in [0.29, 0.717) is 6.42 Å². The molecule has 1 aromatic carbocycles. The highest BCUT2D eigenvalue weighted by molar-refractivity contribution is 5.72. The van der Waals surface area contributed by atoms with E-state index in [1.54, 1.807) is 0 Å². The van der Waals surface area contributed by atoms with Crippen molar-refractivity contribution in [1.29, 1.82) is 0 Å². The van der Waals surface area contributed by atoms with Gasteiger partial charge in [-0.25, -0.2) is 0 Å². The minimum atomic E-state index is -0.191. The fraction of sp³-hybridized carbons (Fsp3) is 0.611. The Morgan fingerprint density at radius 2 is 1.82 bits per heavy atom. The van der Waals surface area contributed by atoms with Crippen molar-refractivity contribution in [2.75, 3.05) is 33.3 Å². The predicted molar refractivity (Wildman–Crippen MR) is 88.8 cm³/mol. The Balaban J connectivity index is 1.59. The van der Waals surface area contributed by atoms with Gasteiger partial charge in [-0.3, -0.25) is 4.79 Å². The summed E-state index contributed by atoms with van der Waals surface area (Å²) in [6, 6.07) is 8.16. The van der Waals surface area contributed by atoms with Crippen molar-refractivity contribution in [3.8, 4) is 0 Å². The molecule has 1 aliphatic rings. The van der Waals surface area contributed by atoms with Gasteiger partial charge in [-0.2, -0.15) is 0 Å². The van der Waals surface area contributed by atoms with Gasteiger partial charge in [-0.05, 0) is 56.6 Å². The Bertz CT molecular complexity index is 439. The van der Waals surface area contributed by atoms with Crippen LogP contribution in [0.3, 0.4) is 0 Å². The first-order chi connectivity index (χ1) is 10.8. The summed E-state index contributed by atoms with van der Waals surface area (Å²) in [7, 11) is 1.42. The third kappa shape index (κ3) is 6.16. The molecule has 22 heavy (non-hydrogen) atoms. The summed E-state index contributed by atoms with van der Waals surface area (Å²) in [6.45, 7) is 5.72. The zero-order valence-electron chi connectivity index (χ0n) is 13.6. The summed E-state index contributed by atoms with van der Waals surface area (Å²) in [5.41, 5.74) is 2.26. The number of carbonyl (C=O) groups excluding carboxylic acids is 1. The molecule has 1 saturated heterocycles. The first kappa shape index (κ1) is 17.0. The fourth-order valence-electron chi connectivity index (χ4n) is 2.86. The van der Waals surface area contributed by atoms with E-state index in [9.17, 15) is 4.79 Å². The molecule has 1 heterocycles. The summed E-state index contributed by atoms with van der Waals surface area (Å²) in [4.78, 5) is 13.8. The highest BCUT2D eigenvalue weighted by Crippen LogP contribution is 2.09. The smallest absolute Gasteiger partial charge is 0.309 e. The maximum atomic E-state index is 11.2. The van der Waals surface area contributed by atoms with Gasteiger partial charge in [0.1, 0.15) is 0 Å². The molecule has 0 aliphatic carbocycles. The molecule has 0 amide bonds. The number of likely N-dealkylation sites (tertiary alicyclic amines) is 1. The summed E-state index contributed by atoms with van der Waals surface area (Å²) in [5.74, 6) is -0.191. The van der Waals surface area contributed by atoms with Gasteiger partial charge in [0.2, 0.25) is 0 Å². The maximum absolute atomic E-state index is 11.2. The first-order valence-electron chi connectivity index (χ1n) is 8.35. The Hall–Kier alpha value is -1.39. The number of hydrogen-bond acceptors (Lipinski definition) is 4. The number of hydrogen-bond donors (Lipinski definition) is 1. The van der Waals surface area contributed by atoms with E-state index < -0.39 is 0 Å². The molecule has 0 atom stereocenters. The highest BCUT2D eigenvalue weighted by atomic mass is 16.5. The lowest BCUT2D eigenvalue weighted by Gasteiger charge is -2.26. The van der Waals surface area contributed by atoms with Crippen LogP contribution >= 0.6 is 0 Å². The lowest BCUT2D eigenvalue weighted by Crippen LogP contribution is -2.32. The van der Waals surface area contributed by atoms with E-state index in [-0.39, 0.29) is 5.97 Å². The summed E-state index contributed by atoms with van der Waals surface area (Å²) < 4.78 is 4.67. The number of rotatable bonds is 8. The molecule has 0 spiro atoms. The molecule has 0 bridgehead atoms. The second-order valence-electron chi connectivity index (χ2n) is 6.00. The van der Waals surface area contributed by atoms with E-state index in [2.05, 4.69) is 27.1 Å². The van der Waals surface area contributed by atoms with Crippen molar-refractivity contribution in [3.05, 3.63) is 35.4 Å². The second kappa shape index (κ2) is 9.59. The zero-order chi connectivity index (χ0) is 15.6. The molecule has 0 aromatic heterocycles. The van der Waals surface area contributed by atoms with Gasteiger partial charge in [0.25, 0.3) is 0 Å². The number of nitrogens with one attached hydrogen (secondary N) is 1. The molecule has 4 nitrogen and oxygen atoms in total. The molecule has 122 valence electrons. The number of methoxy groups -OCH3 is 1. The van der Waals surface area contributed by atoms with Gasteiger partial charge >= 0.3 is 5.97 Å². The number of piperidine rings is 1. The summed E-state index contributed by atoms with van der Waals surface area (Å²) in [6.07, 6.45) is 5.69. The standard InChI is InChI=1S/C18H28N2O2/c1-22-18(21)14-16-6-8-17(9-7-16)15-19-10-5-13-20-11-3-2-4-12-20/h6-9,19H,2-5,10-15H2,1H3. The lowest BCUT2D eigenvalue weighted by atomic mass is 10.1. The Morgan fingerprint density at radius 1 is 1.14 bits per heavy atom. The number of ether oxygens (including phenoxy) is 1. The summed E-state index contributed by atoms with van der Waals surface area (Å²) >= 11 is 0.